The van der Waals surface area contributed by atoms with Crippen molar-refractivity contribution in [1.29, 1.82) is 0 Å². The maximum Gasteiger partial charge on any atom is 0.336 e. The molecule has 0 atom stereocenters. The molecule has 0 saturated carbocycles. The van der Waals surface area contributed by atoms with Gasteiger partial charge in [0.25, 0.3) is 0 Å². The molecular weight excluding hydrogens is 204 g/mol. The third-order valence-electron chi connectivity index (χ3n) is 1.77. The zero-order valence-corrected chi connectivity index (χ0v) is 8.21. The molecule has 5 heteroatoms. The molecule has 0 amide bonds. The van der Waals surface area contributed by atoms with E-state index in [1.807, 2.05) is 0 Å². The minimum Gasteiger partial charge on any atom is -0.478 e. The fourth-order valence-corrected chi connectivity index (χ4v) is 1.63. The molecular formula is C9H8O4S. The van der Waals surface area contributed by atoms with Gasteiger partial charge in [0.1, 0.15) is 0 Å². The van der Waals surface area contributed by atoms with Crippen LogP contribution in [0.1, 0.15) is 21.5 Å². The van der Waals surface area contributed by atoms with Crippen molar-refractivity contribution < 1.29 is 18.3 Å². The Morgan fingerprint density at radius 2 is 2.07 bits per heavy atom. The summed E-state index contributed by atoms with van der Waals surface area (Å²) in [5.74, 6) is -1.13. The first-order chi connectivity index (χ1) is 6.52. The average Bonchev–Trinajstić information content (AvgIpc) is 2.07. The third-order valence-corrected chi connectivity index (χ3v) is 2.20. The van der Waals surface area contributed by atoms with E-state index in [0.717, 1.165) is 5.37 Å². The van der Waals surface area contributed by atoms with Crippen LogP contribution in [0.15, 0.2) is 18.2 Å². The Morgan fingerprint density at radius 3 is 2.57 bits per heavy atom. The van der Waals surface area contributed by atoms with Crippen LogP contribution in [0.5, 0.6) is 0 Å². The molecule has 0 aromatic heterocycles. The van der Waals surface area contributed by atoms with Gasteiger partial charge in [0.05, 0.1) is 10.9 Å². The maximum atomic E-state index is 10.7. The van der Waals surface area contributed by atoms with Crippen molar-refractivity contribution in [2.45, 2.75) is 6.92 Å². The molecule has 1 aromatic rings. The summed E-state index contributed by atoms with van der Waals surface area (Å²) in [6, 6.07) is 4.60. The van der Waals surface area contributed by atoms with Crippen LogP contribution in [-0.2, 0) is 10.3 Å². The highest BCUT2D eigenvalue weighted by atomic mass is 32.2. The molecule has 0 aliphatic heterocycles. The Labute approximate surface area is 82.3 Å². The third kappa shape index (κ3) is 2.20. The van der Waals surface area contributed by atoms with Gasteiger partial charge in [0.15, 0.2) is 0 Å². The van der Waals surface area contributed by atoms with Crippen LogP contribution >= 0.6 is 0 Å². The van der Waals surface area contributed by atoms with Crippen molar-refractivity contribution in [2.24, 2.45) is 0 Å². The van der Waals surface area contributed by atoms with E-state index in [2.05, 4.69) is 0 Å². The lowest BCUT2D eigenvalue weighted by molar-refractivity contribution is 0.0696. The van der Waals surface area contributed by atoms with Crippen molar-refractivity contribution >= 4 is 21.6 Å². The lowest BCUT2D eigenvalue weighted by Gasteiger charge is -2.02. The molecule has 1 rings (SSSR count). The molecule has 0 bridgehead atoms. The fourth-order valence-electron chi connectivity index (χ4n) is 1.12. The molecule has 0 aliphatic carbocycles. The smallest absolute Gasteiger partial charge is 0.336 e. The van der Waals surface area contributed by atoms with Crippen molar-refractivity contribution in [1.82, 2.24) is 0 Å². The maximum absolute atomic E-state index is 10.7. The predicted octanol–water partition coefficient (Wildman–Crippen LogP) is 0.723. The van der Waals surface area contributed by atoms with Gasteiger partial charge < -0.3 is 5.11 Å². The summed E-state index contributed by atoms with van der Waals surface area (Å²) in [4.78, 5) is 10.7. The molecule has 0 heterocycles. The monoisotopic (exact) mass is 212 g/mol. The molecule has 0 saturated heterocycles. The molecule has 14 heavy (non-hydrogen) atoms. The minimum absolute atomic E-state index is 0.00537. The van der Waals surface area contributed by atoms with Gasteiger partial charge in [0.2, 0.25) is 10.3 Å². The van der Waals surface area contributed by atoms with Crippen LogP contribution in [0.3, 0.4) is 0 Å². The number of carboxylic acid groups (broad SMARTS) is 1. The Hall–Kier alpha value is -1.62. The first-order valence-electron chi connectivity index (χ1n) is 3.78. The lowest BCUT2D eigenvalue weighted by Crippen LogP contribution is -2.03. The quantitative estimate of drug-likeness (QED) is 0.733. The van der Waals surface area contributed by atoms with E-state index < -0.39 is 16.3 Å². The van der Waals surface area contributed by atoms with E-state index in [4.69, 9.17) is 5.11 Å². The van der Waals surface area contributed by atoms with Gasteiger partial charge in [-0.05, 0) is 18.6 Å². The molecule has 1 N–H and O–H groups in total. The summed E-state index contributed by atoms with van der Waals surface area (Å²) in [6.45, 7) is 1.66. The van der Waals surface area contributed by atoms with E-state index in [1.54, 1.807) is 19.1 Å². The standard InChI is InChI=1S/C9H8O4S/c1-6-3-2-4-7(9(10)11)8(6)5-14(12)13/h2-5H,1H3,(H,10,11). The summed E-state index contributed by atoms with van der Waals surface area (Å²) in [5, 5.41) is 9.68. The van der Waals surface area contributed by atoms with Gasteiger partial charge in [-0.25, -0.2) is 4.79 Å². The Balaban J connectivity index is 3.52. The number of rotatable bonds is 2. The molecule has 1 aromatic carbocycles. The van der Waals surface area contributed by atoms with Gasteiger partial charge in [-0.15, -0.1) is 0 Å². The summed E-state index contributed by atoms with van der Waals surface area (Å²) < 4.78 is 20.9. The number of carboxylic acids is 1. The molecule has 0 fully saturated rings. The van der Waals surface area contributed by atoms with Crippen LogP contribution in [0.2, 0.25) is 0 Å². The molecule has 4 nitrogen and oxygen atoms in total. The normalized spacial score (nSPS) is 9.50. The van der Waals surface area contributed by atoms with Gasteiger partial charge in [-0.1, -0.05) is 12.1 Å². The van der Waals surface area contributed by atoms with E-state index in [-0.39, 0.29) is 11.1 Å². The van der Waals surface area contributed by atoms with Crippen molar-refractivity contribution in [3.63, 3.8) is 0 Å². The number of hydrogen-bond donors (Lipinski definition) is 1. The number of hydrogen-bond acceptors (Lipinski definition) is 3. The minimum atomic E-state index is -2.39. The van der Waals surface area contributed by atoms with E-state index >= 15 is 0 Å². The number of aromatic carboxylic acids is 1. The Morgan fingerprint density at radius 1 is 1.43 bits per heavy atom. The highest BCUT2D eigenvalue weighted by Gasteiger charge is 2.09. The molecule has 74 valence electrons. The van der Waals surface area contributed by atoms with Crippen LogP contribution in [0.4, 0.5) is 0 Å². The highest BCUT2D eigenvalue weighted by molar-refractivity contribution is 7.71. The molecule has 0 radical (unpaired) electrons. The van der Waals surface area contributed by atoms with Gasteiger partial charge >= 0.3 is 5.97 Å². The largest absolute Gasteiger partial charge is 0.478 e. The number of aryl methyl sites for hydroxylation is 1. The number of benzene rings is 1. The van der Waals surface area contributed by atoms with Crippen LogP contribution in [-0.4, -0.2) is 24.9 Å². The van der Waals surface area contributed by atoms with E-state index in [0.29, 0.717) is 5.56 Å². The Kier molecular flexibility index (Phi) is 3.03. The second kappa shape index (κ2) is 4.06. The first-order valence-corrected chi connectivity index (χ1v) is 4.92. The highest BCUT2D eigenvalue weighted by Crippen LogP contribution is 2.11. The second-order valence-electron chi connectivity index (χ2n) is 2.72. The number of carbonyl (C=O) groups is 1. The SMILES string of the molecule is Cc1cccc(C(=O)O)c1C=S(=O)=O. The van der Waals surface area contributed by atoms with Crippen LogP contribution in [0, 0.1) is 6.92 Å². The zero-order valence-electron chi connectivity index (χ0n) is 7.39. The van der Waals surface area contributed by atoms with E-state index in [9.17, 15) is 13.2 Å². The van der Waals surface area contributed by atoms with Crippen molar-refractivity contribution in [3.05, 3.63) is 34.9 Å². The summed E-state index contributed by atoms with van der Waals surface area (Å²) in [7, 11) is -2.39. The van der Waals surface area contributed by atoms with Crippen LogP contribution in [0.25, 0.3) is 0 Å². The summed E-state index contributed by atoms with van der Waals surface area (Å²) in [5.41, 5.74) is 0.844. The fraction of sp³-hybridized carbons (Fsp3) is 0.111. The van der Waals surface area contributed by atoms with Gasteiger partial charge in [-0.2, -0.15) is 8.42 Å². The zero-order chi connectivity index (χ0) is 10.7. The molecule has 0 unspecified atom stereocenters. The second-order valence-corrected chi connectivity index (χ2v) is 3.48. The molecule has 0 spiro atoms. The van der Waals surface area contributed by atoms with E-state index in [1.165, 1.54) is 6.07 Å². The predicted molar refractivity (Wildman–Crippen MR) is 52.2 cm³/mol. The molecule has 0 aliphatic rings. The van der Waals surface area contributed by atoms with Crippen LogP contribution < -0.4 is 0 Å². The topological polar surface area (TPSA) is 71.4 Å². The first kappa shape index (κ1) is 10.5. The Bertz CT molecular complexity index is 492. The lowest BCUT2D eigenvalue weighted by atomic mass is 10.0. The van der Waals surface area contributed by atoms with Gasteiger partial charge in [-0.3, -0.25) is 0 Å². The van der Waals surface area contributed by atoms with Crippen molar-refractivity contribution in [3.8, 4) is 0 Å². The average molecular weight is 212 g/mol. The summed E-state index contributed by atoms with van der Waals surface area (Å²) >= 11 is 0. The van der Waals surface area contributed by atoms with Gasteiger partial charge in [0, 0.05) is 5.56 Å². The summed E-state index contributed by atoms with van der Waals surface area (Å²) in [6.07, 6.45) is 0. The van der Waals surface area contributed by atoms with Crippen molar-refractivity contribution in [2.75, 3.05) is 0 Å².